The van der Waals surface area contributed by atoms with Crippen molar-refractivity contribution >= 4 is 24.1 Å². The average Bonchev–Trinajstić information content (AvgIpc) is 2.97. The third kappa shape index (κ3) is 17.1. The van der Waals surface area contributed by atoms with E-state index in [1.807, 2.05) is 13.8 Å². The molecule has 3 atom stereocenters. The van der Waals surface area contributed by atoms with Gasteiger partial charge in [-0.1, -0.05) is 59.9 Å². The van der Waals surface area contributed by atoms with Crippen LogP contribution in [0, 0.1) is 5.92 Å². The Labute approximate surface area is 250 Å². The van der Waals surface area contributed by atoms with Crippen molar-refractivity contribution in [3.05, 3.63) is 29.3 Å². The number of rotatable bonds is 16. The van der Waals surface area contributed by atoms with Gasteiger partial charge in [0.05, 0.1) is 12.0 Å². The second kappa shape index (κ2) is 23.5. The van der Waals surface area contributed by atoms with Crippen LogP contribution in [0.3, 0.4) is 0 Å². The molecule has 3 unspecified atom stereocenters. The monoisotopic (exact) mass is 596 g/mol. The Hall–Kier alpha value is -3.02. The Morgan fingerprint density at radius 2 is 1.86 bits per heavy atom. The van der Waals surface area contributed by atoms with Crippen molar-refractivity contribution in [1.29, 1.82) is 0 Å². The number of unbranched alkanes of at least 4 members (excludes halogenated alkanes) is 4. The standard InChI is InChI=1S/C22H32N2O8.C7H14O.C2H6/c1-13(2)22(29)30-12-14-4-5-17(15(8-14)11-24-19(26)6-7-23-3)31-20-10-16(25)9-18(32-20)21(27)28;1-2-3-4-5-6-7-8;1-2/h4-5,8,13,16,18,20,23,25H,6-7,9-12H2,1-3H3,(H,24,26)(H,27,28);7H,2-6H2,1H3;1-2H3. The Balaban J connectivity index is 0.00000145. The number of nitrogens with one attached hydrogen (secondary N) is 2. The lowest BCUT2D eigenvalue weighted by Crippen LogP contribution is -2.42. The number of hydrogen-bond acceptors (Lipinski definition) is 9. The fourth-order valence-corrected chi connectivity index (χ4v) is 3.71. The molecule has 0 spiro atoms. The van der Waals surface area contributed by atoms with Gasteiger partial charge >= 0.3 is 11.9 Å². The van der Waals surface area contributed by atoms with Gasteiger partial charge in [-0.2, -0.15) is 0 Å². The molecule has 1 amide bonds. The normalized spacial score (nSPS) is 17.6. The first-order chi connectivity index (χ1) is 20.1. The van der Waals surface area contributed by atoms with Crippen LogP contribution in [0.4, 0.5) is 0 Å². The Morgan fingerprint density at radius 1 is 1.14 bits per heavy atom. The number of aliphatic hydroxyl groups is 1. The van der Waals surface area contributed by atoms with E-state index in [1.165, 1.54) is 19.3 Å². The Morgan fingerprint density at radius 3 is 2.45 bits per heavy atom. The molecule has 11 heteroatoms. The van der Waals surface area contributed by atoms with Gasteiger partial charge in [-0.3, -0.25) is 9.59 Å². The summed E-state index contributed by atoms with van der Waals surface area (Å²) >= 11 is 0. The van der Waals surface area contributed by atoms with Crippen molar-refractivity contribution in [3.63, 3.8) is 0 Å². The maximum atomic E-state index is 12.0. The second-order valence-electron chi connectivity index (χ2n) is 9.99. The number of carbonyl (C=O) groups is 4. The van der Waals surface area contributed by atoms with Crippen LogP contribution in [0.1, 0.15) is 97.1 Å². The van der Waals surface area contributed by atoms with E-state index in [0.29, 0.717) is 29.8 Å². The van der Waals surface area contributed by atoms with Gasteiger partial charge in [-0.05, 0) is 31.2 Å². The zero-order valence-corrected chi connectivity index (χ0v) is 26.1. The van der Waals surface area contributed by atoms with Gasteiger partial charge in [0, 0.05) is 44.3 Å². The fraction of sp³-hybridized carbons (Fsp3) is 0.677. The first kappa shape index (κ1) is 39.0. The predicted molar refractivity (Wildman–Crippen MR) is 160 cm³/mol. The molecular formula is C31H52N2O9. The quantitative estimate of drug-likeness (QED) is 0.124. The highest BCUT2D eigenvalue weighted by atomic mass is 16.7. The van der Waals surface area contributed by atoms with Gasteiger partial charge in [0.1, 0.15) is 18.6 Å². The van der Waals surface area contributed by atoms with E-state index >= 15 is 0 Å². The first-order valence-corrected chi connectivity index (χ1v) is 15.0. The summed E-state index contributed by atoms with van der Waals surface area (Å²) < 4.78 is 16.6. The van der Waals surface area contributed by atoms with Crippen molar-refractivity contribution in [3.8, 4) is 5.75 Å². The average molecular weight is 597 g/mol. The summed E-state index contributed by atoms with van der Waals surface area (Å²) in [4.78, 5) is 44.8. The molecule has 0 saturated carbocycles. The number of carbonyl (C=O) groups excluding carboxylic acids is 3. The summed E-state index contributed by atoms with van der Waals surface area (Å²) in [5.74, 6) is -1.52. The molecule has 1 aromatic rings. The lowest BCUT2D eigenvalue weighted by molar-refractivity contribution is -0.195. The van der Waals surface area contributed by atoms with Crippen molar-refractivity contribution in [2.45, 2.75) is 118 Å². The lowest BCUT2D eigenvalue weighted by Gasteiger charge is -2.31. The molecule has 1 aromatic carbocycles. The molecule has 4 N–H and O–H groups in total. The molecule has 0 bridgehead atoms. The molecular weight excluding hydrogens is 544 g/mol. The van der Waals surface area contributed by atoms with Crippen LogP contribution >= 0.6 is 0 Å². The number of aliphatic hydroxyl groups excluding tert-OH is 1. The molecule has 1 heterocycles. The molecule has 1 saturated heterocycles. The minimum Gasteiger partial charge on any atom is -0.479 e. The van der Waals surface area contributed by atoms with Gasteiger partial charge in [0.15, 0.2) is 6.10 Å². The fourth-order valence-electron chi connectivity index (χ4n) is 3.71. The van der Waals surface area contributed by atoms with Crippen molar-refractivity contribution in [1.82, 2.24) is 10.6 Å². The summed E-state index contributed by atoms with van der Waals surface area (Å²) in [5, 5.41) is 24.9. The van der Waals surface area contributed by atoms with Crippen LogP contribution in [0.15, 0.2) is 18.2 Å². The van der Waals surface area contributed by atoms with Crippen LogP contribution in [0.25, 0.3) is 0 Å². The summed E-state index contributed by atoms with van der Waals surface area (Å²) in [5.41, 5.74) is 1.32. The number of hydrogen-bond donors (Lipinski definition) is 4. The Kier molecular flexibility index (Phi) is 21.8. The molecule has 11 nitrogen and oxygen atoms in total. The van der Waals surface area contributed by atoms with Crippen molar-refractivity contribution < 1.29 is 43.6 Å². The predicted octanol–water partition coefficient (Wildman–Crippen LogP) is 4.12. The van der Waals surface area contributed by atoms with E-state index in [9.17, 15) is 29.4 Å². The van der Waals surface area contributed by atoms with Crippen LogP contribution in [0.5, 0.6) is 5.75 Å². The number of amides is 1. The highest BCUT2D eigenvalue weighted by molar-refractivity contribution is 5.76. The molecule has 2 rings (SSSR count). The SMILES string of the molecule is CC.CCCCCCC=O.CNCCC(=O)NCc1cc(COC(=O)C(C)C)ccc1OC1CC(O)CC(C(=O)O)O1. The minimum atomic E-state index is -1.17. The van der Waals surface area contributed by atoms with Gasteiger partial charge in [0.2, 0.25) is 12.2 Å². The van der Waals surface area contributed by atoms with Crippen LogP contribution in [0.2, 0.25) is 0 Å². The second-order valence-corrected chi connectivity index (χ2v) is 9.99. The molecule has 0 radical (unpaired) electrons. The molecule has 1 aliphatic heterocycles. The number of ether oxygens (including phenoxy) is 3. The number of carboxylic acids is 1. The van der Waals surface area contributed by atoms with E-state index < -0.39 is 24.5 Å². The van der Waals surface area contributed by atoms with Crippen LogP contribution < -0.4 is 15.4 Å². The molecule has 42 heavy (non-hydrogen) atoms. The maximum Gasteiger partial charge on any atom is 0.333 e. The molecule has 240 valence electrons. The van der Waals surface area contributed by atoms with Crippen molar-refractivity contribution in [2.24, 2.45) is 5.92 Å². The first-order valence-electron chi connectivity index (χ1n) is 15.0. The van der Waals surface area contributed by atoms with E-state index in [4.69, 9.17) is 14.2 Å². The summed E-state index contributed by atoms with van der Waals surface area (Å²) in [6.45, 7) is 10.4. The van der Waals surface area contributed by atoms with E-state index in [2.05, 4.69) is 17.6 Å². The molecule has 0 aromatic heterocycles. The Bertz CT molecular complexity index is 924. The minimum absolute atomic E-state index is 0.0102. The van der Waals surface area contributed by atoms with Crippen molar-refractivity contribution in [2.75, 3.05) is 13.6 Å². The zero-order valence-electron chi connectivity index (χ0n) is 26.1. The highest BCUT2D eigenvalue weighted by Crippen LogP contribution is 2.27. The lowest BCUT2D eigenvalue weighted by atomic mass is 10.1. The largest absolute Gasteiger partial charge is 0.479 e. The van der Waals surface area contributed by atoms with Gasteiger partial charge in [0.25, 0.3) is 0 Å². The maximum absolute atomic E-state index is 12.0. The number of carboxylic acid groups (broad SMARTS) is 1. The van der Waals surface area contributed by atoms with E-state index in [1.54, 1.807) is 39.1 Å². The molecule has 1 aliphatic rings. The third-order valence-electron chi connectivity index (χ3n) is 6.03. The van der Waals surface area contributed by atoms with Gasteiger partial charge < -0.3 is 39.9 Å². The van der Waals surface area contributed by atoms with Gasteiger partial charge in [-0.15, -0.1) is 0 Å². The molecule has 0 aliphatic carbocycles. The third-order valence-corrected chi connectivity index (χ3v) is 6.03. The number of benzene rings is 1. The summed E-state index contributed by atoms with van der Waals surface area (Å²) in [6, 6.07) is 5.10. The zero-order chi connectivity index (χ0) is 31.9. The smallest absolute Gasteiger partial charge is 0.333 e. The summed E-state index contributed by atoms with van der Waals surface area (Å²) in [7, 11) is 1.75. The number of esters is 1. The number of aliphatic carboxylic acids is 1. The summed E-state index contributed by atoms with van der Waals surface area (Å²) in [6.07, 6.45) is 3.99. The van der Waals surface area contributed by atoms with Crippen LogP contribution in [-0.2, 0) is 41.8 Å². The van der Waals surface area contributed by atoms with E-state index in [0.717, 1.165) is 19.1 Å². The molecule has 1 fully saturated rings. The van der Waals surface area contributed by atoms with Gasteiger partial charge in [-0.25, -0.2) is 4.79 Å². The van der Waals surface area contributed by atoms with E-state index in [-0.39, 0.29) is 43.8 Å². The highest BCUT2D eigenvalue weighted by Gasteiger charge is 2.34. The van der Waals surface area contributed by atoms with Crippen LogP contribution in [-0.4, -0.2) is 66.4 Å². The topological polar surface area (TPSA) is 160 Å². The number of aldehydes is 1.